The average molecular weight is 423 g/mol. The van der Waals surface area contributed by atoms with Crippen molar-refractivity contribution in [2.45, 2.75) is 44.1 Å². The van der Waals surface area contributed by atoms with Crippen LogP contribution in [0.5, 0.6) is 0 Å². The largest absolute Gasteiger partial charge is 0.448 e. The van der Waals surface area contributed by atoms with Gasteiger partial charge >= 0.3 is 5.97 Å². The molecule has 0 saturated carbocycles. The van der Waals surface area contributed by atoms with Crippen LogP contribution >= 0.6 is 11.3 Å². The van der Waals surface area contributed by atoms with E-state index in [4.69, 9.17) is 9.88 Å². The van der Waals surface area contributed by atoms with Gasteiger partial charge in [-0.3, -0.25) is 4.79 Å². The molecular weight excluding hydrogens is 400 g/mol. The van der Waals surface area contributed by atoms with Crippen molar-refractivity contribution in [3.8, 4) is 0 Å². The lowest BCUT2D eigenvalue weighted by Crippen LogP contribution is -2.29. The van der Waals surface area contributed by atoms with Crippen LogP contribution in [0.15, 0.2) is 35.2 Å². The third-order valence-corrected chi connectivity index (χ3v) is 6.78. The molecule has 2 aromatic rings. The van der Waals surface area contributed by atoms with Crippen molar-refractivity contribution >= 4 is 38.9 Å². The number of carbonyl (C=O) groups excluding carboxylic acids is 2. The molecule has 1 amide bonds. The highest BCUT2D eigenvalue weighted by atomic mass is 32.2. The number of thiophene rings is 1. The van der Waals surface area contributed by atoms with Crippen molar-refractivity contribution in [3.05, 3.63) is 45.6 Å². The summed E-state index contributed by atoms with van der Waals surface area (Å²) in [7, 11) is -3.80. The Balaban J connectivity index is 1.60. The third-order valence-electron chi connectivity index (χ3n) is 4.63. The van der Waals surface area contributed by atoms with E-state index >= 15 is 0 Å². The van der Waals surface area contributed by atoms with Crippen LogP contribution in [0.2, 0.25) is 0 Å². The fourth-order valence-corrected chi connectivity index (χ4v) is 4.66. The summed E-state index contributed by atoms with van der Waals surface area (Å²) in [6.45, 7) is 3.68. The Kier molecular flexibility index (Phi) is 5.87. The molecule has 9 heteroatoms. The van der Waals surface area contributed by atoms with E-state index in [0.29, 0.717) is 16.5 Å². The lowest BCUT2D eigenvalue weighted by atomic mass is 9.90. The quantitative estimate of drug-likeness (QED) is 0.719. The molecule has 28 heavy (non-hydrogen) atoms. The second kappa shape index (κ2) is 8.02. The summed E-state index contributed by atoms with van der Waals surface area (Å²) in [5, 5.41) is 7.62. The Morgan fingerprint density at radius 1 is 1.29 bits per heavy atom. The van der Waals surface area contributed by atoms with Gasteiger partial charge in [-0.15, -0.1) is 11.3 Å². The van der Waals surface area contributed by atoms with Gasteiger partial charge in [0.15, 0.2) is 6.10 Å². The van der Waals surface area contributed by atoms with Gasteiger partial charge < -0.3 is 10.1 Å². The summed E-state index contributed by atoms with van der Waals surface area (Å²) in [5.41, 5.74) is 1.57. The Bertz CT molecular complexity index is 996. The number of amides is 1. The van der Waals surface area contributed by atoms with Gasteiger partial charge in [0.05, 0.1) is 4.90 Å². The Hall–Kier alpha value is -2.23. The number of esters is 1. The molecule has 1 heterocycles. The van der Waals surface area contributed by atoms with Gasteiger partial charge in [-0.1, -0.05) is 6.92 Å². The fourth-order valence-electron chi connectivity index (χ4n) is 3.05. The number of hydrogen-bond acceptors (Lipinski definition) is 6. The number of ether oxygens (including phenoxy) is 1. The van der Waals surface area contributed by atoms with Crippen molar-refractivity contribution < 1.29 is 22.7 Å². The number of anilines is 1. The molecule has 1 aromatic heterocycles. The number of carbonyl (C=O) groups is 2. The molecule has 150 valence electrons. The van der Waals surface area contributed by atoms with E-state index in [9.17, 15) is 18.0 Å². The highest BCUT2D eigenvalue weighted by Gasteiger charge is 2.24. The number of fused-ring (bicyclic) bond motifs is 1. The van der Waals surface area contributed by atoms with E-state index in [1.54, 1.807) is 0 Å². The molecule has 0 bridgehead atoms. The van der Waals surface area contributed by atoms with Gasteiger partial charge in [0.2, 0.25) is 10.0 Å². The number of aryl methyl sites for hydroxylation is 1. The van der Waals surface area contributed by atoms with Gasteiger partial charge in [-0.2, -0.15) is 0 Å². The van der Waals surface area contributed by atoms with E-state index in [2.05, 4.69) is 12.2 Å². The first-order valence-corrected chi connectivity index (χ1v) is 11.3. The maximum Gasteiger partial charge on any atom is 0.349 e. The molecule has 1 aromatic carbocycles. The van der Waals surface area contributed by atoms with Crippen LogP contribution < -0.4 is 10.5 Å². The molecule has 0 aliphatic heterocycles. The average Bonchev–Trinajstić information content (AvgIpc) is 3.04. The molecule has 3 rings (SSSR count). The van der Waals surface area contributed by atoms with E-state index in [1.165, 1.54) is 53.0 Å². The lowest BCUT2D eigenvalue weighted by molar-refractivity contribution is -0.123. The van der Waals surface area contributed by atoms with Crippen molar-refractivity contribution in [2.75, 3.05) is 5.32 Å². The zero-order chi connectivity index (χ0) is 20.5. The van der Waals surface area contributed by atoms with Gasteiger partial charge in [0.1, 0.15) is 4.88 Å². The first kappa shape index (κ1) is 20.5. The minimum absolute atomic E-state index is 0.0547. The van der Waals surface area contributed by atoms with Gasteiger partial charge in [-0.05, 0) is 68.0 Å². The third kappa shape index (κ3) is 4.78. The minimum atomic E-state index is -3.80. The smallest absolute Gasteiger partial charge is 0.349 e. The predicted molar refractivity (Wildman–Crippen MR) is 107 cm³/mol. The van der Waals surface area contributed by atoms with Crippen molar-refractivity contribution in [2.24, 2.45) is 11.1 Å². The topological polar surface area (TPSA) is 116 Å². The van der Waals surface area contributed by atoms with Crippen LogP contribution in [-0.4, -0.2) is 26.4 Å². The monoisotopic (exact) mass is 422 g/mol. The summed E-state index contributed by atoms with van der Waals surface area (Å²) in [5.74, 6) is -0.415. The highest BCUT2D eigenvalue weighted by Crippen LogP contribution is 2.32. The van der Waals surface area contributed by atoms with Crippen LogP contribution in [0, 0.1) is 5.92 Å². The molecule has 0 unspecified atom stereocenters. The number of sulfonamides is 1. The number of nitrogens with one attached hydrogen (secondary N) is 1. The normalized spacial score (nSPS) is 17.5. The zero-order valence-electron chi connectivity index (χ0n) is 15.6. The molecule has 0 spiro atoms. The van der Waals surface area contributed by atoms with Crippen molar-refractivity contribution in [3.63, 3.8) is 0 Å². The SMILES string of the molecule is C[C@H]1CCc2sc(C(=O)O[C@@H](C)C(=O)Nc3ccc(S(N)(=O)=O)cc3)cc2C1. The second-order valence-electron chi connectivity index (χ2n) is 7.01. The maximum absolute atomic E-state index is 12.4. The zero-order valence-corrected chi connectivity index (χ0v) is 17.2. The van der Waals surface area contributed by atoms with E-state index in [-0.39, 0.29) is 4.90 Å². The molecule has 1 aliphatic rings. The number of primary sulfonamides is 1. The minimum Gasteiger partial charge on any atom is -0.448 e. The van der Waals surface area contributed by atoms with Crippen LogP contribution in [-0.2, 0) is 32.4 Å². The molecule has 0 radical (unpaired) electrons. The molecule has 0 saturated heterocycles. The fraction of sp³-hybridized carbons (Fsp3) is 0.368. The molecule has 1 aliphatic carbocycles. The summed E-state index contributed by atoms with van der Waals surface area (Å²) in [4.78, 5) is 26.3. The van der Waals surface area contributed by atoms with Crippen LogP contribution in [0.25, 0.3) is 0 Å². The Morgan fingerprint density at radius 3 is 2.61 bits per heavy atom. The number of rotatable bonds is 5. The first-order chi connectivity index (χ1) is 13.1. The number of hydrogen-bond donors (Lipinski definition) is 2. The van der Waals surface area contributed by atoms with Crippen LogP contribution in [0.3, 0.4) is 0 Å². The standard InChI is InChI=1S/C19H22N2O5S2/c1-11-3-8-16-13(9-11)10-17(27-16)19(23)26-12(2)18(22)21-14-4-6-15(7-5-14)28(20,24)25/h4-7,10-12H,3,8-9H2,1-2H3,(H,21,22)(H2,20,24,25)/t11-,12-/m0/s1. The highest BCUT2D eigenvalue weighted by molar-refractivity contribution is 7.89. The van der Waals surface area contributed by atoms with Crippen LogP contribution in [0.1, 0.15) is 40.4 Å². The molecule has 2 atom stereocenters. The van der Waals surface area contributed by atoms with Crippen LogP contribution in [0.4, 0.5) is 5.69 Å². The maximum atomic E-state index is 12.4. The lowest BCUT2D eigenvalue weighted by Gasteiger charge is -2.16. The summed E-state index contributed by atoms with van der Waals surface area (Å²) < 4.78 is 27.8. The van der Waals surface area contributed by atoms with Crippen molar-refractivity contribution in [1.82, 2.24) is 0 Å². The van der Waals surface area contributed by atoms with Gasteiger partial charge in [-0.25, -0.2) is 18.4 Å². The second-order valence-corrected chi connectivity index (χ2v) is 9.71. The number of benzene rings is 1. The summed E-state index contributed by atoms with van der Waals surface area (Å²) in [6.07, 6.45) is 2.05. The molecule has 0 fully saturated rings. The van der Waals surface area contributed by atoms with E-state index < -0.39 is 28.0 Å². The number of nitrogens with two attached hydrogens (primary N) is 1. The van der Waals surface area contributed by atoms with E-state index in [0.717, 1.165) is 19.3 Å². The Labute approximate surface area is 167 Å². The first-order valence-electron chi connectivity index (χ1n) is 8.90. The predicted octanol–water partition coefficient (Wildman–Crippen LogP) is 2.70. The summed E-state index contributed by atoms with van der Waals surface area (Å²) >= 11 is 1.43. The van der Waals surface area contributed by atoms with Crippen molar-refractivity contribution in [1.29, 1.82) is 0 Å². The Morgan fingerprint density at radius 2 is 1.96 bits per heavy atom. The molecule has 3 N–H and O–H groups in total. The van der Waals surface area contributed by atoms with Gasteiger partial charge in [0.25, 0.3) is 5.91 Å². The van der Waals surface area contributed by atoms with E-state index in [1.807, 2.05) is 6.07 Å². The summed E-state index contributed by atoms with van der Waals surface area (Å²) in [6, 6.07) is 7.29. The molecule has 7 nitrogen and oxygen atoms in total. The van der Waals surface area contributed by atoms with Gasteiger partial charge in [0, 0.05) is 10.6 Å². The molecular formula is C19H22N2O5S2.